The SMILES string of the molecule is CCCCCCCCCOCC(C)(COCCCCCCCCC)COCC1=CN(CC2=C(O)C(O)C(O)[C@@H](O[C@@H]3OC(COC(=O)c4cc(OCCCCC)cc(OCCCCC)c4)[C@@H](O)C(O)C3O)O2)NN1. The van der Waals surface area contributed by atoms with Crippen molar-refractivity contribution in [2.45, 2.75) is 212 Å². The van der Waals surface area contributed by atoms with Crippen LogP contribution in [0.15, 0.2) is 41.6 Å². The number of aliphatic hydroxyl groups is 6. The minimum absolute atomic E-state index is 0.124. The second kappa shape index (κ2) is 35.8. The van der Waals surface area contributed by atoms with Crippen LogP contribution in [0.1, 0.15) is 173 Å². The van der Waals surface area contributed by atoms with Gasteiger partial charge in [-0.15, -0.1) is 5.53 Å². The summed E-state index contributed by atoms with van der Waals surface area (Å²) < 4.78 is 53.4. The van der Waals surface area contributed by atoms with Gasteiger partial charge >= 0.3 is 5.97 Å². The van der Waals surface area contributed by atoms with Crippen molar-refractivity contribution in [3.8, 4) is 11.5 Å². The van der Waals surface area contributed by atoms with E-state index >= 15 is 0 Å². The molecule has 0 bridgehead atoms. The van der Waals surface area contributed by atoms with E-state index in [0.717, 1.165) is 64.2 Å². The zero-order valence-corrected chi connectivity index (χ0v) is 45.4. The molecule has 3 aliphatic heterocycles. The van der Waals surface area contributed by atoms with Gasteiger partial charge in [0, 0.05) is 30.9 Å². The summed E-state index contributed by atoms with van der Waals surface area (Å²) in [4.78, 5) is 13.4. The molecule has 0 spiro atoms. The fourth-order valence-electron chi connectivity index (χ4n) is 8.65. The smallest absolute Gasteiger partial charge is 0.338 e. The number of esters is 1. The van der Waals surface area contributed by atoms with Crippen molar-refractivity contribution < 1.29 is 78.1 Å². The Morgan fingerprint density at radius 3 is 1.72 bits per heavy atom. The first-order chi connectivity index (χ1) is 35.8. The highest BCUT2D eigenvalue weighted by atomic mass is 16.8. The molecule has 426 valence electrons. The maximum absolute atomic E-state index is 13.4. The van der Waals surface area contributed by atoms with Gasteiger partial charge in [0.2, 0.25) is 6.29 Å². The Morgan fingerprint density at radius 2 is 1.15 bits per heavy atom. The van der Waals surface area contributed by atoms with Crippen LogP contribution in [0.4, 0.5) is 0 Å². The van der Waals surface area contributed by atoms with Crippen LogP contribution < -0.4 is 20.4 Å². The summed E-state index contributed by atoms with van der Waals surface area (Å²) in [5.41, 5.74) is 6.38. The molecular weight excluding hydrogens is 959 g/mol. The molecule has 0 saturated carbocycles. The Morgan fingerprint density at radius 1 is 0.635 bits per heavy atom. The van der Waals surface area contributed by atoms with Gasteiger partial charge in [-0.2, -0.15) is 0 Å². The quantitative estimate of drug-likeness (QED) is 0.0235. The first kappa shape index (κ1) is 63.1. The number of nitrogens with one attached hydrogen (secondary N) is 2. The molecule has 3 heterocycles. The highest BCUT2D eigenvalue weighted by Crippen LogP contribution is 2.31. The molecule has 0 aromatic heterocycles. The second-order valence-electron chi connectivity index (χ2n) is 20.5. The number of hydrazine groups is 2. The van der Waals surface area contributed by atoms with Gasteiger partial charge in [-0.1, -0.05) is 137 Å². The molecule has 5 unspecified atom stereocenters. The molecule has 1 aromatic rings. The topological polar surface area (TPSA) is 249 Å². The Balaban J connectivity index is 1.31. The number of hydrogen-bond acceptors (Lipinski definition) is 19. The molecule has 4 rings (SSSR count). The number of unbranched alkanes of at least 4 members (excludes halogenated alkanes) is 16. The molecule has 19 nitrogen and oxygen atoms in total. The van der Waals surface area contributed by atoms with Gasteiger partial charge in [0.05, 0.1) is 57.4 Å². The average Bonchev–Trinajstić information content (AvgIpc) is 3.84. The minimum Gasteiger partial charge on any atom is -0.506 e. The van der Waals surface area contributed by atoms with Crippen LogP contribution in [0.5, 0.6) is 11.5 Å². The number of ether oxygens (including phenoxy) is 9. The molecule has 74 heavy (non-hydrogen) atoms. The number of benzene rings is 1. The lowest BCUT2D eigenvalue weighted by atomic mass is 9.94. The zero-order valence-electron chi connectivity index (χ0n) is 45.4. The Hall–Kier alpha value is -3.47. The van der Waals surface area contributed by atoms with Gasteiger partial charge in [0.1, 0.15) is 54.7 Å². The Kier molecular flexibility index (Phi) is 30.5. The highest BCUT2D eigenvalue weighted by Gasteiger charge is 2.49. The van der Waals surface area contributed by atoms with E-state index in [0.29, 0.717) is 63.4 Å². The second-order valence-corrected chi connectivity index (χ2v) is 20.5. The third-order valence-corrected chi connectivity index (χ3v) is 13.3. The van der Waals surface area contributed by atoms with Crippen LogP contribution in [0.2, 0.25) is 0 Å². The maximum atomic E-state index is 13.4. The lowest BCUT2D eigenvalue weighted by molar-refractivity contribution is -0.350. The first-order valence-corrected chi connectivity index (χ1v) is 27.9. The van der Waals surface area contributed by atoms with Gasteiger partial charge in [0.25, 0.3) is 0 Å². The van der Waals surface area contributed by atoms with Crippen LogP contribution in [0.25, 0.3) is 0 Å². The molecule has 19 heteroatoms. The average molecular weight is 1050 g/mol. The van der Waals surface area contributed by atoms with Crippen LogP contribution in [-0.4, -0.2) is 157 Å². The minimum atomic E-state index is -1.87. The lowest BCUT2D eigenvalue weighted by Crippen LogP contribution is -2.61. The van der Waals surface area contributed by atoms with E-state index in [-0.39, 0.29) is 29.9 Å². The predicted octanol–water partition coefficient (Wildman–Crippen LogP) is 7.38. The fraction of sp³-hybridized carbons (Fsp3) is 0.800. The normalized spacial score (nSPS) is 23.2. The van der Waals surface area contributed by atoms with E-state index in [1.807, 2.05) is 0 Å². The summed E-state index contributed by atoms with van der Waals surface area (Å²) in [7, 11) is 0. The van der Waals surface area contributed by atoms with Gasteiger partial charge in [0.15, 0.2) is 17.8 Å². The van der Waals surface area contributed by atoms with E-state index in [9.17, 15) is 35.4 Å². The van der Waals surface area contributed by atoms with Crippen molar-refractivity contribution in [1.29, 1.82) is 0 Å². The van der Waals surface area contributed by atoms with Crippen molar-refractivity contribution in [1.82, 2.24) is 16.0 Å². The van der Waals surface area contributed by atoms with Crippen molar-refractivity contribution in [2.24, 2.45) is 5.41 Å². The van der Waals surface area contributed by atoms with Crippen molar-refractivity contribution >= 4 is 5.97 Å². The number of carbonyl (C=O) groups excluding carboxylic acids is 1. The maximum Gasteiger partial charge on any atom is 0.338 e. The third-order valence-electron chi connectivity index (χ3n) is 13.3. The summed E-state index contributed by atoms with van der Waals surface area (Å²) in [6.45, 7) is 13.8. The summed E-state index contributed by atoms with van der Waals surface area (Å²) in [6, 6.07) is 4.77. The lowest BCUT2D eigenvalue weighted by Gasteiger charge is -2.42. The highest BCUT2D eigenvalue weighted by molar-refractivity contribution is 5.90. The zero-order chi connectivity index (χ0) is 53.6. The molecule has 1 saturated heterocycles. The molecule has 1 fully saturated rings. The fourth-order valence-corrected chi connectivity index (χ4v) is 8.65. The van der Waals surface area contributed by atoms with Crippen LogP contribution in [0.3, 0.4) is 0 Å². The molecule has 0 aliphatic carbocycles. The van der Waals surface area contributed by atoms with E-state index in [1.165, 1.54) is 81.3 Å². The first-order valence-electron chi connectivity index (χ1n) is 27.9. The summed E-state index contributed by atoms with van der Waals surface area (Å²) >= 11 is 0. The predicted molar refractivity (Wildman–Crippen MR) is 279 cm³/mol. The van der Waals surface area contributed by atoms with Crippen LogP contribution >= 0.6 is 0 Å². The van der Waals surface area contributed by atoms with Crippen molar-refractivity contribution in [2.75, 3.05) is 66.0 Å². The Labute approximate surface area is 441 Å². The van der Waals surface area contributed by atoms with E-state index < -0.39 is 67.5 Å². The molecule has 0 radical (unpaired) electrons. The molecule has 8 atom stereocenters. The van der Waals surface area contributed by atoms with E-state index in [4.69, 9.17) is 42.6 Å². The van der Waals surface area contributed by atoms with Crippen LogP contribution in [0, 0.1) is 5.41 Å². The number of aliphatic hydroxyl groups excluding tert-OH is 6. The van der Waals surface area contributed by atoms with E-state index in [1.54, 1.807) is 12.3 Å². The summed E-state index contributed by atoms with van der Waals surface area (Å²) in [5.74, 6) is -0.782. The number of nitrogens with zero attached hydrogens (tertiary/aromatic N) is 1. The number of carbonyl (C=O) groups is 1. The molecular formula is C55H95N3O16. The van der Waals surface area contributed by atoms with Gasteiger partial charge < -0.3 is 78.7 Å². The molecule has 1 aromatic carbocycles. The monoisotopic (exact) mass is 1050 g/mol. The summed E-state index contributed by atoms with van der Waals surface area (Å²) in [6.07, 6.45) is 10.2. The third kappa shape index (κ3) is 22.6. The summed E-state index contributed by atoms with van der Waals surface area (Å²) in [5, 5.41) is 66.9. The van der Waals surface area contributed by atoms with Gasteiger partial charge in [-0.3, -0.25) is 5.01 Å². The molecule has 3 aliphatic rings. The van der Waals surface area contributed by atoms with Gasteiger partial charge in [-0.25, -0.2) is 4.79 Å². The standard InChI is InChI=1S/C55H95N3O16/c1-6-10-14-16-18-20-24-26-66-37-55(5,38-67-27-25-21-19-17-15-11-7-2)39-68-35-41-33-58(57-56-41)34-44-46(59)48(61)50(63)53(72-44)74-54-51(64)49(62)47(60)45(73-54)36-71-52(65)40-30-42(69-28-22-12-8-3)32-43(31-40)70-29-23-13-9-4/h30-33,45,47-51,53-54,56-57,59-64H,6-29,34-39H2,1-5H3/t45?,47-,48?,49?,50?,51?,53-,54+/m1/s1. The van der Waals surface area contributed by atoms with Crippen molar-refractivity contribution in [3.05, 3.63) is 47.2 Å². The largest absolute Gasteiger partial charge is 0.506 e. The van der Waals surface area contributed by atoms with Crippen molar-refractivity contribution in [3.63, 3.8) is 0 Å². The van der Waals surface area contributed by atoms with Crippen LogP contribution in [-0.2, 0) is 33.2 Å². The number of rotatable bonds is 41. The molecule has 8 N–H and O–H groups in total. The van der Waals surface area contributed by atoms with E-state index in [2.05, 4.69) is 45.6 Å². The van der Waals surface area contributed by atoms with Gasteiger partial charge in [-0.05, 0) is 37.8 Å². The molecule has 0 amide bonds. The number of hydrogen-bond donors (Lipinski definition) is 8. The Bertz CT molecular complexity index is 1700.